The van der Waals surface area contributed by atoms with Crippen molar-refractivity contribution < 1.29 is 14.6 Å². The lowest BCUT2D eigenvalue weighted by atomic mass is 10.1. The topological polar surface area (TPSA) is 86.2 Å². The number of aliphatic hydroxyl groups excluding tert-OH is 1. The minimum absolute atomic E-state index is 0. The Morgan fingerprint density at radius 1 is 1.24 bits per heavy atom. The van der Waals surface area contributed by atoms with Gasteiger partial charge in [-0.2, -0.15) is 0 Å². The maximum atomic E-state index is 12.1. The molecule has 0 aliphatic heterocycles. The molecule has 0 saturated carbocycles. The summed E-state index contributed by atoms with van der Waals surface area (Å²) in [5.74, 6) is 1.10. The molecular weight excluding hydrogens is 483 g/mol. The van der Waals surface area contributed by atoms with Gasteiger partial charge in [0, 0.05) is 39.4 Å². The highest BCUT2D eigenvalue weighted by molar-refractivity contribution is 14.0. The first-order valence-corrected chi connectivity index (χ1v) is 9.92. The van der Waals surface area contributed by atoms with E-state index in [9.17, 15) is 9.90 Å². The Balaban J connectivity index is 0.00000784. The number of hydrogen-bond acceptors (Lipinski definition) is 4. The normalized spacial score (nSPS) is 12.3. The van der Waals surface area contributed by atoms with E-state index in [0.717, 1.165) is 18.5 Å². The Bertz CT molecular complexity index is 624. The van der Waals surface area contributed by atoms with Gasteiger partial charge in [-0.1, -0.05) is 26.0 Å². The lowest BCUT2D eigenvalue weighted by Gasteiger charge is -2.14. The number of benzene rings is 1. The van der Waals surface area contributed by atoms with Crippen molar-refractivity contribution in [3.05, 3.63) is 35.4 Å². The summed E-state index contributed by atoms with van der Waals surface area (Å²) in [6.07, 6.45) is 0.141. The Labute approximate surface area is 192 Å². The van der Waals surface area contributed by atoms with Crippen molar-refractivity contribution in [2.24, 2.45) is 10.9 Å². The number of aliphatic imine (C=N–C) groups is 1. The number of ether oxygens (including phenoxy) is 1. The Morgan fingerprint density at radius 3 is 2.59 bits per heavy atom. The van der Waals surface area contributed by atoms with E-state index in [1.165, 1.54) is 0 Å². The van der Waals surface area contributed by atoms with Gasteiger partial charge in [0.2, 0.25) is 0 Å². The molecule has 0 heterocycles. The van der Waals surface area contributed by atoms with E-state index in [-0.39, 0.29) is 43.0 Å². The van der Waals surface area contributed by atoms with Crippen LogP contribution < -0.4 is 10.6 Å². The monoisotopic (exact) mass is 520 g/mol. The number of nitrogens with one attached hydrogen (secondary N) is 2. The number of carbonyl (C=O) groups is 1. The van der Waals surface area contributed by atoms with Crippen LogP contribution in [0.5, 0.6) is 0 Å². The molecule has 8 heteroatoms. The summed E-state index contributed by atoms with van der Waals surface area (Å²) in [6.45, 7) is 8.75. The van der Waals surface area contributed by atoms with Gasteiger partial charge in [-0.05, 0) is 37.0 Å². The van der Waals surface area contributed by atoms with Crippen LogP contribution in [0.2, 0.25) is 0 Å². The molecule has 1 atom stereocenters. The fourth-order valence-corrected chi connectivity index (χ4v) is 2.47. The van der Waals surface area contributed by atoms with Crippen LogP contribution in [0.4, 0.5) is 0 Å². The lowest BCUT2D eigenvalue weighted by molar-refractivity contribution is 0.0301. The fraction of sp³-hybridized carbons (Fsp3) is 0.619. The lowest BCUT2D eigenvalue weighted by Crippen LogP contribution is -2.39. The first-order valence-electron chi connectivity index (χ1n) is 9.92. The quantitative estimate of drug-likeness (QED) is 0.237. The molecule has 0 aliphatic carbocycles. The number of amides is 1. The second kappa shape index (κ2) is 15.4. The average molecular weight is 520 g/mol. The van der Waals surface area contributed by atoms with Crippen molar-refractivity contribution in [1.82, 2.24) is 15.5 Å². The van der Waals surface area contributed by atoms with Gasteiger partial charge in [-0.15, -0.1) is 24.0 Å². The van der Waals surface area contributed by atoms with Crippen LogP contribution >= 0.6 is 24.0 Å². The molecule has 0 fully saturated rings. The van der Waals surface area contributed by atoms with E-state index in [1.807, 2.05) is 31.2 Å². The minimum atomic E-state index is -0.622. The maximum absolute atomic E-state index is 12.1. The fourth-order valence-electron chi connectivity index (χ4n) is 2.47. The molecule has 1 unspecified atom stereocenters. The molecule has 1 rings (SSSR count). The molecule has 0 aromatic heterocycles. The van der Waals surface area contributed by atoms with E-state index in [4.69, 9.17) is 4.74 Å². The first-order chi connectivity index (χ1) is 13.3. The number of aliphatic hydroxyl groups is 1. The van der Waals surface area contributed by atoms with Crippen LogP contribution in [-0.4, -0.2) is 74.9 Å². The van der Waals surface area contributed by atoms with Crippen LogP contribution in [0, 0.1) is 5.92 Å². The summed E-state index contributed by atoms with van der Waals surface area (Å²) in [5.41, 5.74) is 1.77. The van der Waals surface area contributed by atoms with Gasteiger partial charge in [0.15, 0.2) is 5.96 Å². The molecule has 3 N–H and O–H groups in total. The van der Waals surface area contributed by atoms with Gasteiger partial charge >= 0.3 is 0 Å². The first kappa shape index (κ1) is 27.6. The van der Waals surface area contributed by atoms with Gasteiger partial charge in [-0.3, -0.25) is 9.79 Å². The second-order valence-corrected chi connectivity index (χ2v) is 7.38. The zero-order valence-corrected chi connectivity index (χ0v) is 20.6. The van der Waals surface area contributed by atoms with E-state index >= 15 is 0 Å². The number of halogens is 1. The molecular formula is C21H37IN4O3. The largest absolute Gasteiger partial charge is 0.389 e. The third-order valence-corrected chi connectivity index (χ3v) is 3.85. The average Bonchev–Trinajstić information content (AvgIpc) is 2.65. The van der Waals surface area contributed by atoms with Crippen LogP contribution in [0.1, 0.15) is 36.7 Å². The number of carbonyl (C=O) groups excluding carboxylic acids is 1. The van der Waals surface area contributed by atoms with E-state index < -0.39 is 6.10 Å². The summed E-state index contributed by atoms with van der Waals surface area (Å²) in [4.78, 5) is 18.1. The summed E-state index contributed by atoms with van der Waals surface area (Å²) in [5, 5.41) is 16.4. The highest BCUT2D eigenvalue weighted by Gasteiger charge is 2.09. The van der Waals surface area contributed by atoms with Crippen LogP contribution in [0.25, 0.3) is 0 Å². The molecule has 166 valence electrons. The maximum Gasteiger partial charge on any atom is 0.253 e. The highest BCUT2D eigenvalue weighted by atomic mass is 127. The molecule has 0 aliphatic rings. The van der Waals surface area contributed by atoms with Gasteiger partial charge in [0.1, 0.15) is 0 Å². The number of nitrogens with zero attached hydrogens (tertiary/aromatic N) is 2. The summed E-state index contributed by atoms with van der Waals surface area (Å²) < 4.78 is 5.44. The molecule has 1 amide bonds. The molecule has 0 spiro atoms. The van der Waals surface area contributed by atoms with Gasteiger partial charge < -0.3 is 25.4 Å². The smallest absolute Gasteiger partial charge is 0.253 e. The Kier molecular flexibility index (Phi) is 14.7. The zero-order valence-electron chi connectivity index (χ0n) is 18.3. The Hall–Kier alpha value is -1.39. The van der Waals surface area contributed by atoms with Crippen molar-refractivity contribution >= 4 is 35.8 Å². The molecule has 1 aromatic rings. The molecule has 7 nitrogen and oxygen atoms in total. The minimum Gasteiger partial charge on any atom is -0.389 e. The Morgan fingerprint density at radius 2 is 1.97 bits per heavy atom. The standard InChI is InChI=1S/C21H36N4O3.HI/c1-6-22-21(24-13-19(26)15-28-14-16(2)3)23-11-10-17-8-7-9-18(12-17)20(27)25(4)5;/h7-9,12,16,19,26H,6,10-11,13-15H2,1-5H3,(H2,22,23,24);1H. The zero-order chi connectivity index (χ0) is 20.9. The van der Waals surface area contributed by atoms with Crippen LogP contribution in [0.15, 0.2) is 29.3 Å². The summed E-state index contributed by atoms with van der Waals surface area (Å²) >= 11 is 0. The van der Waals surface area contributed by atoms with Crippen molar-refractivity contribution in [2.75, 3.05) is 46.9 Å². The highest BCUT2D eigenvalue weighted by Crippen LogP contribution is 2.07. The molecule has 1 aromatic carbocycles. The van der Waals surface area contributed by atoms with Crippen LogP contribution in [-0.2, 0) is 11.2 Å². The number of guanidine groups is 1. The van der Waals surface area contributed by atoms with Crippen molar-refractivity contribution in [3.63, 3.8) is 0 Å². The predicted molar refractivity (Wildman–Crippen MR) is 129 cm³/mol. The predicted octanol–water partition coefficient (Wildman–Crippen LogP) is 2.14. The van der Waals surface area contributed by atoms with Crippen molar-refractivity contribution in [3.8, 4) is 0 Å². The number of hydrogen-bond donors (Lipinski definition) is 3. The van der Waals surface area contributed by atoms with Gasteiger partial charge in [-0.25, -0.2) is 0 Å². The molecule has 0 radical (unpaired) electrons. The second-order valence-electron chi connectivity index (χ2n) is 7.38. The van der Waals surface area contributed by atoms with Gasteiger partial charge in [0.05, 0.1) is 19.3 Å². The summed E-state index contributed by atoms with van der Waals surface area (Å²) in [6, 6.07) is 7.66. The van der Waals surface area contributed by atoms with E-state index in [2.05, 4.69) is 29.5 Å². The molecule has 29 heavy (non-hydrogen) atoms. The SMILES string of the molecule is CCNC(=NCC(O)COCC(C)C)NCCc1cccc(C(=O)N(C)C)c1.I. The third kappa shape index (κ3) is 12.0. The molecule has 0 saturated heterocycles. The number of rotatable bonds is 11. The molecule has 0 bridgehead atoms. The summed E-state index contributed by atoms with van der Waals surface area (Å²) in [7, 11) is 3.50. The van der Waals surface area contributed by atoms with E-state index in [0.29, 0.717) is 30.6 Å². The van der Waals surface area contributed by atoms with Gasteiger partial charge in [0.25, 0.3) is 5.91 Å². The van der Waals surface area contributed by atoms with E-state index in [1.54, 1.807) is 19.0 Å². The third-order valence-electron chi connectivity index (χ3n) is 3.85. The van der Waals surface area contributed by atoms with Crippen LogP contribution in [0.3, 0.4) is 0 Å². The van der Waals surface area contributed by atoms with Crippen molar-refractivity contribution in [1.29, 1.82) is 0 Å². The van der Waals surface area contributed by atoms with Crippen molar-refractivity contribution in [2.45, 2.75) is 33.3 Å².